The normalized spacial score (nSPS) is 12.7. The highest BCUT2D eigenvalue weighted by Crippen LogP contribution is 2.24. The molecule has 0 bridgehead atoms. The molecule has 0 fully saturated rings. The summed E-state index contributed by atoms with van der Waals surface area (Å²) in [6, 6.07) is 5.20. The second-order valence-electron chi connectivity index (χ2n) is 5.51. The summed E-state index contributed by atoms with van der Waals surface area (Å²) in [4.78, 5) is 26.1. The van der Waals surface area contributed by atoms with Crippen LogP contribution in [0.2, 0.25) is 0 Å². The zero-order valence-corrected chi connectivity index (χ0v) is 12.9. The second-order valence-corrected chi connectivity index (χ2v) is 5.51. The van der Waals surface area contributed by atoms with E-state index >= 15 is 0 Å². The Bertz CT molecular complexity index is 545. The van der Waals surface area contributed by atoms with Gasteiger partial charge in [0.05, 0.1) is 6.04 Å². The van der Waals surface area contributed by atoms with Crippen molar-refractivity contribution in [3.8, 4) is 0 Å². The number of nitrogens with zero attached hydrogens (tertiary/aromatic N) is 2. The van der Waals surface area contributed by atoms with Gasteiger partial charge in [0.25, 0.3) is 0 Å². The molecule has 0 saturated heterocycles. The SMILES string of the molecule is CC(c1ccccc1F)N(C)C(=O)N(C)C(C)(C)C(=O)O. The molecule has 0 aliphatic carbocycles. The Morgan fingerprint density at radius 3 is 2.24 bits per heavy atom. The van der Waals surface area contributed by atoms with Gasteiger partial charge in [0.1, 0.15) is 11.4 Å². The second kappa shape index (κ2) is 6.11. The van der Waals surface area contributed by atoms with Crippen molar-refractivity contribution in [3.05, 3.63) is 35.6 Å². The number of carbonyl (C=O) groups excluding carboxylic acids is 1. The van der Waals surface area contributed by atoms with Crippen molar-refractivity contribution in [2.45, 2.75) is 32.4 Å². The molecule has 116 valence electrons. The van der Waals surface area contributed by atoms with Gasteiger partial charge in [-0.2, -0.15) is 0 Å². The molecule has 1 N–H and O–H groups in total. The first-order chi connectivity index (χ1) is 9.60. The standard InChI is InChI=1S/C15H21FN2O3/c1-10(11-8-6-7-9-12(11)16)17(4)14(21)18(5)15(2,3)13(19)20/h6-10H,1-5H3,(H,19,20). The van der Waals surface area contributed by atoms with E-state index in [1.54, 1.807) is 25.1 Å². The molecule has 0 aliphatic rings. The van der Waals surface area contributed by atoms with Crippen molar-refractivity contribution in [2.75, 3.05) is 14.1 Å². The first-order valence-corrected chi connectivity index (χ1v) is 6.59. The fourth-order valence-electron chi connectivity index (χ4n) is 1.81. The highest BCUT2D eigenvalue weighted by molar-refractivity contribution is 5.85. The van der Waals surface area contributed by atoms with Crippen LogP contribution < -0.4 is 0 Å². The topological polar surface area (TPSA) is 60.9 Å². The Balaban J connectivity index is 2.98. The molecular weight excluding hydrogens is 275 g/mol. The van der Waals surface area contributed by atoms with Gasteiger partial charge >= 0.3 is 12.0 Å². The van der Waals surface area contributed by atoms with Gasteiger partial charge in [0.2, 0.25) is 0 Å². The molecule has 0 aliphatic heterocycles. The average molecular weight is 296 g/mol. The van der Waals surface area contributed by atoms with Crippen molar-refractivity contribution in [3.63, 3.8) is 0 Å². The Labute approximate surface area is 124 Å². The Kier molecular flexibility index (Phi) is 4.93. The van der Waals surface area contributed by atoms with E-state index in [0.717, 1.165) is 4.90 Å². The van der Waals surface area contributed by atoms with Crippen LogP contribution in [0.4, 0.5) is 9.18 Å². The van der Waals surface area contributed by atoms with Gasteiger partial charge in [-0.1, -0.05) is 18.2 Å². The van der Waals surface area contributed by atoms with E-state index in [-0.39, 0.29) is 0 Å². The largest absolute Gasteiger partial charge is 0.480 e. The van der Waals surface area contributed by atoms with E-state index in [9.17, 15) is 14.0 Å². The summed E-state index contributed by atoms with van der Waals surface area (Å²) in [6.07, 6.45) is 0. The minimum Gasteiger partial charge on any atom is -0.480 e. The maximum Gasteiger partial charge on any atom is 0.329 e. The van der Waals surface area contributed by atoms with Crippen molar-refractivity contribution < 1.29 is 19.1 Å². The van der Waals surface area contributed by atoms with Crippen LogP contribution in [-0.4, -0.2) is 46.5 Å². The number of carboxylic acid groups (broad SMARTS) is 1. The van der Waals surface area contributed by atoms with Gasteiger partial charge in [-0.05, 0) is 26.8 Å². The van der Waals surface area contributed by atoms with Crippen LogP contribution in [0, 0.1) is 5.82 Å². The third-order valence-electron chi connectivity index (χ3n) is 3.89. The lowest BCUT2D eigenvalue weighted by molar-refractivity contribution is -0.147. The van der Waals surface area contributed by atoms with Crippen LogP contribution in [0.25, 0.3) is 0 Å². The molecule has 5 nitrogen and oxygen atoms in total. The lowest BCUT2D eigenvalue weighted by Gasteiger charge is -2.36. The third-order valence-corrected chi connectivity index (χ3v) is 3.89. The molecule has 1 rings (SSSR count). The number of carbonyl (C=O) groups is 2. The quantitative estimate of drug-likeness (QED) is 0.929. The van der Waals surface area contributed by atoms with E-state index < -0.39 is 29.4 Å². The predicted molar refractivity (Wildman–Crippen MR) is 77.5 cm³/mol. The molecule has 1 unspecified atom stereocenters. The number of hydrogen-bond acceptors (Lipinski definition) is 2. The highest BCUT2D eigenvalue weighted by Gasteiger charge is 2.37. The smallest absolute Gasteiger partial charge is 0.329 e. The zero-order chi connectivity index (χ0) is 16.4. The minimum atomic E-state index is -1.35. The maximum atomic E-state index is 13.8. The molecular formula is C15H21FN2O3. The summed E-state index contributed by atoms with van der Waals surface area (Å²) in [6.45, 7) is 4.57. The molecule has 0 aromatic heterocycles. The summed E-state index contributed by atoms with van der Waals surface area (Å²) in [5, 5.41) is 9.17. The van der Waals surface area contributed by atoms with E-state index in [1.165, 1.54) is 38.9 Å². The number of amides is 2. The van der Waals surface area contributed by atoms with E-state index in [4.69, 9.17) is 5.11 Å². The number of aliphatic carboxylic acids is 1. The van der Waals surface area contributed by atoms with Crippen LogP contribution in [0.1, 0.15) is 32.4 Å². The van der Waals surface area contributed by atoms with Crippen LogP contribution in [0.15, 0.2) is 24.3 Å². The van der Waals surface area contributed by atoms with Crippen LogP contribution >= 0.6 is 0 Å². The maximum absolute atomic E-state index is 13.8. The lowest BCUT2D eigenvalue weighted by atomic mass is 10.0. The third kappa shape index (κ3) is 3.32. The Morgan fingerprint density at radius 1 is 1.24 bits per heavy atom. The molecule has 1 aromatic rings. The monoisotopic (exact) mass is 296 g/mol. The summed E-state index contributed by atoms with van der Waals surface area (Å²) in [5.74, 6) is -1.50. The Hall–Kier alpha value is -2.11. The first kappa shape index (κ1) is 16.9. The zero-order valence-electron chi connectivity index (χ0n) is 12.9. The van der Waals surface area contributed by atoms with Crippen molar-refractivity contribution >= 4 is 12.0 Å². The van der Waals surface area contributed by atoms with Gasteiger partial charge in [-0.25, -0.2) is 14.0 Å². The molecule has 1 atom stereocenters. The Morgan fingerprint density at radius 2 is 1.76 bits per heavy atom. The van der Waals surface area contributed by atoms with Crippen molar-refractivity contribution in [2.24, 2.45) is 0 Å². The summed E-state index contributed by atoms with van der Waals surface area (Å²) in [7, 11) is 2.94. The van der Waals surface area contributed by atoms with Crippen LogP contribution in [-0.2, 0) is 4.79 Å². The summed E-state index contributed by atoms with van der Waals surface area (Å²) >= 11 is 0. The number of carboxylic acids is 1. The number of halogens is 1. The number of likely N-dealkylation sites (N-methyl/N-ethyl adjacent to an activating group) is 1. The van der Waals surface area contributed by atoms with E-state index in [1.807, 2.05) is 0 Å². The molecule has 1 aromatic carbocycles. The highest BCUT2D eigenvalue weighted by atomic mass is 19.1. The lowest BCUT2D eigenvalue weighted by Crippen LogP contribution is -2.54. The molecule has 0 radical (unpaired) electrons. The summed E-state index contributed by atoms with van der Waals surface area (Å²) < 4.78 is 13.8. The minimum absolute atomic E-state index is 0.384. The van der Waals surface area contributed by atoms with Crippen molar-refractivity contribution in [1.29, 1.82) is 0 Å². The van der Waals surface area contributed by atoms with E-state index in [0.29, 0.717) is 5.56 Å². The van der Waals surface area contributed by atoms with Gasteiger partial charge in [0, 0.05) is 19.7 Å². The van der Waals surface area contributed by atoms with Gasteiger partial charge in [-0.15, -0.1) is 0 Å². The average Bonchev–Trinajstić information content (AvgIpc) is 2.44. The molecule has 21 heavy (non-hydrogen) atoms. The van der Waals surface area contributed by atoms with Gasteiger partial charge in [0.15, 0.2) is 0 Å². The fraction of sp³-hybridized carbons (Fsp3) is 0.467. The first-order valence-electron chi connectivity index (χ1n) is 6.59. The van der Waals surface area contributed by atoms with E-state index in [2.05, 4.69) is 0 Å². The molecule has 0 saturated carbocycles. The van der Waals surface area contributed by atoms with Gasteiger partial charge < -0.3 is 14.9 Å². The number of rotatable bonds is 4. The van der Waals surface area contributed by atoms with Crippen LogP contribution in [0.5, 0.6) is 0 Å². The molecule has 0 heterocycles. The summed E-state index contributed by atoms with van der Waals surface area (Å²) in [5.41, 5.74) is -0.963. The number of benzene rings is 1. The molecule has 6 heteroatoms. The van der Waals surface area contributed by atoms with Gasteiger partial charge in [-0.3, -0.25) is 0 Å². The molecule has 0 spiro atoms. The molecule has 2 amide bonds. The number of urea groups is 1. The van der Waals surface area contributed by atoms with Crippen molar-refractivity contribution in [1.82, 2.24) is 9.80 Å². The predicted octanol–water partition coefficient (Wildman–Crippen LogP) is 2.73. The van der Waals surface area contributed by atoms with Crippen LogP contribution in [0.3, 0.4) is 0 Å². The fourth-order valence-corrected chi connectivity index (χ4v) is 1.81. The number of hydrogen-bond donors (Lipinski definition) is 1.